The van der Waals surface area contributed by atoms with Crippen LogP contribution in [0.1, 0.15) is 5.82 Å². The molecule has 7 heteroatoms. The molecule has 0 aliphatic rings. The number of aromatic nitrogens is 2. The number of hydrogen-bond donors (Lipinski definition) is 1. The third kappa shape index (κ3) is 2.44. The summed E-state index contributed by atoms with van der Waals surface area (Å²) in [5.41, 5.74) is 1.18. The highest BCUT2D eigenvalue weighted by atomic mass is 35.5. The topological polar surface area (TPSA) is 38.0 Å². The van der Waals surface area contributed by atoms with Gasteiger partial charge in [0.1, 0.15) is 5.82 Å². The van der Waals surface area contributed by atoms with Crippen molar-refractivity contribution in [1.29, 1.82) is 0 Å². The minimum absolute atomic E-state index is 0.164. The summed E-state index contributed by atoms with van der Waals surface area (Å²) in [6.07, 6.45) is -7.63. The second kappa shape index (κ2) is 4.44. The van der Waals surface area contributed by atoms with Crippen molar-refractivity contribution in [2.24, 2.45) is 7.05 Å². The van der Waals surface area contributed by atoms with Crippen LogP contribution in [0.3, 0.4) is 0 Å². The first-order valence-electron chi connectivity index (χ1n) is 5.14. The number of nitrogens with zero attached hydrogens (tertiary/aromatic N) is 2. The Morgan fingerprint density at radius 3 is 2.72 bits per heavy atom. The average Bonchev–Trinajstić information content (AvgIpc) is 2.55. The number of imidazole rings is 1. The zero-order valence-corrected chi connectivity index (χ0v) is 10.1. The van der Waals surface area contributed by atoms with Crippen molar-refractivity contribution < 1.29 is 18.3 Å². The van der Waals surface area contributed by atoms with Crippen LogP contribution in [-0.2, 0) is 13.5 Å². The first-order valence-corrected chi connectivity index (χ1v) is 5.52. The molecular weight excluding hydrogens is 269 g/mol. The normalized spacial score (nSPS) is 14.1. The number of aliphatic hydroxyl groups excluding tert-OH is 1. The van der Waals surface area contributed by atoms with Gasteiger partial charge in [0.25, 0.3) is 0 Å². The molecule has 0 amide bonds. The first kappa shape index (κ1) is 13.2. The van der Waals surface area contributed by atoms with Gasteiger partial charge in [0.2, 0.25) is 0 Å². The maximum atomic E-state index is 12.3. The van der Waals surface area contributed by atoms with Gasteiger partial charge in [-0.25, -0.2) is 4.98 Å². The third-order valence-electron chi connectivity index (χ3n) is 2.69. The number of rotatable bonds is 2. The molecule has 0 saturated heterocycles. The van der Waals surface area contributed by atoms with Crippen LogP contribution < -0.4 is 0 Å². The lowest BCUT2D eigenvalue weighted by atomic mass is 10.2. The van der Waals surface area contributed by atoms with Gasteiger partial charge in [0.05, 0.1) is 11.0 Å². The maximum Gasteiger partial charge on any atom is 0.414 e. The van der Waals surface area contributed by atoms with Gasteiger partial charge in [-0.15, -0.1) is 0 Å². The molecule has 0 fully saturated rings. The van der Waals surface area contributed by atoms with E-state index in [1.165, 1.54) is 4.57 Å². The summed E-state index contributed by atoms with van der Waals surface area (Å²) >= 11 is 5.81. The fourth-order valence-corrected chi connectivity index (χ4v) is 1.85. The van der Waals surface area contributed by atoms with Gasteiger partial charge in [-0.1, -0.05) is 11.6 Å². The van der Waals surface area contributed by atoms with E-state index >= 15 is 0 Å². The molecule has 1 atom stereocenters. The lowest BCUT2D eigenvalue weighted by Crippen LogP contribution is -2.31. The molecule has 1 N–H and O–H groups in total. The highest BCUT2D eigenvalue weighted by Crippen LogP contribution is 2.25. The zero-order chi connectivity index (χ0) is 13.5. The SMILES string of the molecule is Cn1c(CC(O)C(F)(F)F)nc2ccc(Cl)cc21. The highest BCUT2D eigenvalue weighted by Gasteiger charge is 2.38. The molecule has 18 heavy (non-hydrogen) atoms. The Balaban J connectivity index is 2.38. The largest absolute Gasteiger partial charge is 0.414 e. The minimum Gasteiger partial charge on any atom is -0.383 e. The van der Waals surface area contributed by atoms with E-state index in [-0.39, 0.29) is 5.82 Å². The summed E-state index contributed by atoms with van der Waals surface area (Å²) < 4.78 is 38.3. The lowest BCUT2D eigenvalue weighted by Gasteiger charge is -2.13. The maximum absolute atomic E-state index is 12.3. The number of halogens is 4. The highest BCUT2D eigenvalue weighted by molar-refractivity contribution is 6.31. The van der Waals surface area contributed by atoms with Crippen molar-refractivity contribution in [3.63, 3.8) is 0 Å². The zero-order valence-electron chi connectivity index (χ0n) is 9.37. The number of aliphatic hydroxyl groups is 1. The predicted molar refractivity (Wildman–Crippen MR) is 61.5 cm³/mol. The van der Waals surface area contributed by atoms with Gasteiger partial charge in [0, 0.05) is 18.5 Å². The molecular formula is C11H10ClF3N2O. The van der Waals surface area contributed by atoms with E-state index in [1.807, 2.05) is 0 Å². The Bertz CT molecular complexity index is 579. The van der Waals surface area contributed by atoms with Crippen LogP contribution in [0.5, 0.6) is 0 Å². The predicted octanol–water partition coefficient (Wildman–Crippen LogP) is 2.69. The Labute approximate surface area is 106 Å². The van der Waals surface area contributed by atoms with Gasteiger partial charge in [0.15, 0.2) is 6.10 Å². The second-order valence-electron chi connectivity index (χ2n) is 3.98. The van der Waals surface area contributed by atoms with E-state index in [0.717, 1.165) is 0 Å². The molecule has 0 aliphatic heterocycles. The summed E-state index contributed by atoms with van der Waals surface area (Å²) in [6, 6.07) is 4.86. The van der Waals surface area contributed by atoms with Crippen LogP contribution in [0.25, 0.3) is 11.0 Å². The number of fused-ring (bicyclic) bond motifs is 1. The number of benzene rings is 1. The quantitative estimate of drug-likeness (QED) is 0.917. The van der Waals surface area contributed by atoms with Gasteiger partial charge in [-0.2, -0.15) is 13.2 Å². The summed E-state index contributed by atoms with van der Waals surface area (Å²) in [5, 5.41) is 9.52. The minimum atomic E-state index is -4.64. The van der Waals surface area contributed by atoms with Crippen molar-refractivity contribution in [1.82, 2.24) is 9.55 Å². The molecule has 0 bridgehead atoms. The van der Waals surface area contributed by atoms with Crippen LogP contribution in [0, 0.1) is 0 Å². The van der Waals surface area contributed by atoms with E-state index in [0.29, 0.717) is 16.1 Å². The number of aryl methyl sites for hydroxylation is 1. The fraction of sp³-hybridized carbons (Fsp3) is 0.364. The molecule has 98 valence electrons. The van der Waals surface area contributed by atoms with Gasteiger partial charge in [-0.3, -0.25) is 0 Å². The van der Waals surface area contributed by atoms with Gasteiger partial charge < -0.3 is 9.67 Å². The lowest BCUT2D eigenvalue weighted by molar-refractivity contribution is -0.203. The molecule has 2 rings (SSSR count). The summed E-state index contributed by atoms with van der Waals surface area (Å²) in [7, 11) is 1.59. The van der Waals surface area contributed by atoms with Crippen molar-refractivity contribution >= 4 is 22.6 Å². The first-order chi connectivity index (χ1) is 8.29. The molecule has 1 unspecified atom stereocenters. The second-order valence-corrected chi connectivity index (χ2v) is 4.42. The molecule has 3 nitrogen and oxygen atoms in total. The average molecular weight is 279 g/mol. The van der Waals surface area contributed by atoms with E-state index in [1.54, 1.807) is 25.2 Å². The fourth-order valence-electron chi connectivity index (χ4n) is 1.68. The van der Waals surface area contributed by atoms with Crippen LogP contribution in [0.4, 0.5) is 13.2 Å². The van der Waals surface area contributed by atoms with Crippen molar-refractivity contribution in [3.8, 4) is 0 Å². The van der Waals surface area contributed by atoms with Gasteiger partial charge in [-0.05, 0) is 18.2 Å². The molecule has 1 aromatic carbocycles. The Morgan fingerprint density at radius 1 is 1.44 bits per heavy atom. The van der Waals surface area contributed by atoms with Crippen molar-refractivity contribution in [2.75, 3.05) is 0 Å². The summed E-state index contributed by atoms with van der Waals surface area (Å²) in [4.78, 5) is 4.05. The molecule has 2 aromatic rings. The number of alkyl halides is 3. The summed E-state index contributed by atoms with van der Waals surface area (Å²) in [6.45, 7) is 0. The standard InChI is InChI=1S/C11H10ClF3N2O/c1-17-8-4-6(12)2-3-7(8)16-10(17)5-9(18)11(13,14)15/h2-4,9,18H,5H2,1H3. The van der Waals surface area contributed by atoms with Crippen molar-refractivity contribution in [2.45, 2.75) is 18.7 Å². The third-order valence-corrected chi connectivity index (χ3v) is 2.92. The molecule has 0 radical (unpaired) electrons. The molecule has 0 saturated carbocycles. The van der Waals surface area contributed by atoms with Crippen LogP contribution in [-0.4, -0.2) is 26.9 Å². The molecule has 0 spiro atoms. The molecule has 1 heterocycles. The molecule has 1 aromatic heterocycles. The van der Waals surface area contributed by atoms with E-state index in [9.17, 15) is 13.2 Å². The van der Waals surface area contributed by atoms with Crippen LogP contribution in [0.15, 0.2) is 18.2 Å². The van der Waals surface area contributed by atoms with Gasteiger partial charge >= 0.3 is 6.18 Å². The van der Waals surface area contributed by atoms with Crippen LogP contribution in [0.2, 0.25) is 5.02 Å². The van der Waals surface area contributed by atoms with E-state index in [2.05, 4.69) is 4.98 Å². The van der Waals surface area contributed by atoms with Crippen LogP contribution >= 0.6 is 11.6 Å². The monoisotopic (exact) mass is 278 g/mol. The van der Waals surface area contributed by atoms with E-state index < -0.39 is 18.7 Å². The smallest absolute Gasteiger partial charge is 0.383 e. The Morgan fingerprint density at radius 2 is 2.11 bits per heavy atom. The number of hydrogen-bond acceptors (Lipinski definition) is 2. The van der Waals surface area contributed by atoms with Crippen molar-refractivity contribution in [3.05, 3.63) is 29.0 Å². The Hall–Kier alpha value is -1.27. The summed E-state index contributed by atoms with van der Waals surface area (Å²) in [5.74, 6) is 0.164. The Kier molecular flexibility index (Phi) is 3.25. The van der Waals surface area contributed by atoms with E-state index in [4.69, 9.17) is 16.7 Å². The molecule has 0 aliphatic carbocycles.